The van der Waals surface area contributed by atoms with Crippen molar-refractivity contribution in [2.24, 2.45) is 4.99 Å². The molecule has 0 bridgehead atoms. The average Bonchev–Trinajstić information content (AvgIpc) is 2.16. The Balaban J connectivity index is 3.17. The molecule has 0 heterocycles. The summed E-state index contributed by atoms with van der Waals surface area (Å²) in [6.45, 7) is 4.05. The fourth-order valence-corrected chi connectivity index (χ4v) is 1.39. The molecule has 0 amide bonds. The van der Waals surface area contributed by atoms with Crippen LogP contribution in [0.15, 0.2) is 40.1 Å². The van der Waals surface area contributed by atoms with Crippen LogP contribution in [0.1, 0.15) is 13.8 Å². The summed E-state index contributed by atoms with van der Waals surface area (Å²) in [6, 6.07) is 0. The van der Waals surface area contributed by atoms with Gasteiger partial charge in [0.15, 0.2) is 0 Å². The molecule has 0 aliphatic heterocycles. The van der Waals surface area contributed by atoms with Crippen molar-refractivity contribution in [1.82, 2.24) is 0 Å². The molecular formula is C11H15NO. The lowest BCUT2D eigenvalue weighted by Gasteiger charge is -2.15. The third kappa shape index (κ3) is 1.89. The van der Waals surface area contributed by atoms with Gasteiger partial charge in [-0.2, -0.15) is 0 Å². The molecule has 1 aliphatic carbocycles. The Labute approximate surface area is 79.3 Å². The van der Waals surface area contributed by atoms with Crippen molar-refractivity contribution in [3.8, 4) is 0 Å². The molecule has 1 aliphatic rings. The van der Waals surface area contributed by atoms with Crippen LogP contribution in [-0.2, 0) is 4.74 Å². The van der Waals surface area contributed by atoms with E-state index in [1.54, 1.807) is 14.2 Å². The summed E-state index contributed by atoms with van der Waals surface area (Å²) >= 11 is 0. The smallest absolute Gasteiger partial charge is 0.144 e. The number of hydrogen-bond acceptors (Lipinski definition) is 2. The first-order valence-electron chi connectivity index (χ1n) is 4.30. The van der Waals surface area contributed by atoms with E-state index in [9.17, 15) is 0 Å². The number of allylic oxidation sites excluding steroid dienone is 5. The fourth-order valence-electron chi connectivity index (χ4n) is 1.39. The van der Waals surface area contributed by atoms with E-state index in [4.69, 9.17) is 4.74 Å². The van der Waals surface area contributed by atoms with Crippen molar-refractivity contribution < 1.29 is 4.74 Å². The second-order valence-electron chi connectivity index (χ2n) is 2.92. The molecule has 0 aromatic carbocycles. The van der Waals surface area contributed by atoms with Crippen molar-refractivity contribution in [1.29, 1.82) is 0 Å². The summed E-state index contributed by atoms with van der Waals surface area (Å²) in [5.74, 6) is 0.843. The Morgan fingerprint density at radius 3 is 2.54 bits per heavy atom. The van der Waals surface area contributed by atoms with Gasteiger partial charge >= 0.3 is 0 Å². The SMILES string of the molecule is C/C=C1/C=C(C)C=C(OC)C1=NC. The number of rotatable bonds is 1. The van der Waals surface area contributed by atoms with Crippen molar-refractivity contribution in [2.75, 3.05) is 14.2 Å². The molecule has 0 radical (unpaired) electrons. The molecule has 0 unspecified atom stereocenters. The Morgan fingerprint density at radius 1 is 1.38 bits per heavy atom. The predicted molar refractivity (Wildman–Crippen MR) is 56.0 cm³/mol. The van der Waals surface area contributed by atoms with Gasteiger partial charge in [0, 0.05) is 7.05 Å². The third-order valence-corrected chi connectivity index (χ3v) is 2.00. The van der Waals surface area contributed by atoms with Gasteiger partial charge in [-0.25, -0.2) is 0 Å². The predicted octanol–water partition coefficient (Wildman–Crippen LogP) is 2.49. The van der Waals surface area contributed by atoms with Gasteiger partial charge in [0.1, 0.15) is 11.5 Å². The van der Waals surface area contributed by atoms with E-state index in [0.717, 1.165) is 17.0 Å². The minimum absolute atomic E-state index is 0.843. The maximum atomic E-state index is 5.25. The summed E-state index contributed by atoms with van der Waals surface area (Å²) in [4.78, 5) is 4.20. The first-order valence-corrected chi connectivity index (χ1v) is 4.30. The Bertz CT molecular complexity index is 319. The van der Waals surface area contributed by atoms with Crippen LogP contribution < -0.4 is 0 Å². The first kappa shape index (κ1) is 9.78. The number of hydrogen-bond donors (Lipinski definition) is 0. The molecule has 0 saturated carbocycles. The van der Waals surface area contributed by atoms with Crippen LogP contribution >= 0.6 is 0 Å². The topological polar surface area (TPSA) is 21.6 Å². The molecule has 2 heteroatoms. The number of methoxy groups -OCH3 is 1. The highest BCUT2D eigenvalue weighted by Crippen LogP contribution is 2.20. The standard InChI is InChI=1S/C11H15NO/c1-5-9-6-8(2)7-10(13-4)11(9)12-3/h5-7H,1-4H3/b9-5-,12-11?. The van der Waals surface area contributed by atoms with Gasteiger partial charge in [-0.3, -0.25) is 4.99 Å². The highest BCUT2D eigenvalue weighted by atomic mass is 16.5. The fraction of sp³-hybridized carbons (Fsp3) is 0.364. The Hall–Kier alpha value is -1.31. The summed E-state index contributed by atoms with van der Waals surface area (Å²) in [5, 5.41) is 0. The van der Waals surface area contributed by atoms with Crippen molar-refractivity contribution in [3.05, 3.63) is 35.1 Å². The van der Waals surface area contributed by atoms with Crippen molar-refractivity contribution in [3.63, 3.8) is 0 Å². The normalized spacial score (nSPS) is 23.1. The molecule has 0 saturated heterocycles. The monoisotopic (exact) mass is 177 g/mol. The quantitative estimate of drug-likeness (QED) is 0.603. The second-order valence-corrected chi connectivity index (χ2v) is 2.92. The molecular weight excluding hydrogens is 162 g/mol. The average molecular weight is 177 g/mol. The van der Waals surface area contributed by atoms with Gasteiger partial charge in [-0.05, 0) is 37.1 Å². The van der Waals surface area contributed by atoms with E-state index in [1.807, 2.05) is 19.1 Å². The molecule has 2 nitrogen and oxygen atoms in total. The highest BCUT2D eigenvalue weighted by Gasteiger charge is 2.14. The van der Waals surface area contributed by atoms with Gasteiger partial charge < -0.3 is 4.74 Å². The molecule has 0 spiro atoms. The zero-order valence-corrected chi connectivity index (χ0v) is 8.59. The summed E-state index contributed by atoms with van der Waals surface area (Å²) < 4.78 is 5.25. The van der Waals surface area contributed by atoms with E-state index in [1.165, 1.54) is 5.57 Å². The van der Waals surface area contributed by atoms with Crippen LogP contribution in [0.4, 0.5) is 0 Å². The number of ether oxygens (including phenoxy) is 1. The Kier molecular flexibility index (Phi) is 3.07. The molecule has 0 aromatic rings. The molecule has 0 N–H and O–H groups in total. The van der Waals surface area contributed by atoms with Crippen LogP contribution in [0.2, 0.25) is 0 Å². The minimum Gasteiger partial charge on any atom is -0.494 e. The number of aliphatic imine (C=N–C) groups is 1. The van der Waals surface area contributed by atoms with Crippen LogP contribution in [0.25, 0.3) is 0 Å². The first-order chi connectivity index (χ1) is 6.22. The van der Waals surface area contributed by atoms with Gasteiger partial charge in [0.25, 0.3) is 0 Å². The summed E-state index contributed by atoms with van der Waals surface area (Å²) in [7, 11) is 3.45. The molecule has 70 valence electrons. The van der Waals surface area contributed by atoms with Crippen LogP contribution in [-0.4, -0.2) is 19.9 Å². The van der Waals surface area contributed by atoms with Gasteiger partial charge in [0.2, 0.25) is 0 Å². The van der Waals surface area contributed by atoms with Gasteiger partial charge in [-0.15, -0.1) is 0 Å². The third-order valence-electron chi connectivity index (χ3n) is 2.00. The van der Waals surface area contributed by atoms with Crippen LogP contribution in [0.3, 0.4) is 0 Å². The lowest BCUT2D eigenvalue weighted by Crippen LogP contribution is -2.11. The lowest BCUT2D eigenvalue weighted by atomic mass is 9.99. The second kappa shape index (κ2) is 4.08. The maximum Gasteiger partial charge on any atom is 0.144 e. The zero-order chi connectivity index (χ0) is 9.84. The largest absolute Gasteiger partial charge is 0.494 e. The van der Waals surface area contributed by atoms with Crippen molar-refractivity contribution in [2.45, 2.75) is 13.8 Å². The molecule has 0 atom stereocenters. The molecule has 0 fully saturated rings. The van der Waals surface area contributed by atoms with E-state index in [-0.39, 0.29) is 0 Å². The maximum absolute atomic E-state index is 5.25. The summed E-state index contributed by atoms with van der Waals surface area (Å²) in [5.41, 5.74) is 3.24. The van der Waals surface area contributed by atoms with Crippen LogP contribution in [0.5, 0.6) is 0 Å². The van der Waals surface area contributed by atoms with Crippen molar-refractivity contribution >= 4 is 5.71 Å². The minimum atomic E-state index is 0.843. The number of nitrogens with zero attached hydrogens (tertiary/aromatic N) is 1. The van der Waals surface area contributed by atoms with Gasteiger partial charge in [-0.1, -0.05) is 6.08 Å². The molecule has 13 heavy (non-hydrogen) atoms. The van der Waals surface area contributed by atoms with E-state index >= 15 is 0 Å². The Morgan fingerprint density at radius 2 is 2.08 bits per heavy atom. The molecule has 1 rings (SSSR count). The molecule has 0 aromatic heterocycles. The van der Waals surface area contributed by atoms with E-state index < -0.39 is 0 Å². The van der Waals surface area contributed by atoms with E-state index in [0.29, 0.717) is 0 Å². The highest BCUT2D eigenvalue weighted by molar-refractivity contribution is 6.14. The lowest BCUT2D eigenvalue weighted by molar-refractivity contribution is 0.314. The van der Waals surface area contributed by atoms with Gasteiger partial charge in [0.05, 0.1) is 7.11 Å². The summed E-state index contributed by atoms with van der Waals surface area (Å²) in [6.07, 6.45) is 6.14. The zero-order valence-electron chi connectivity index (χ0n) is 8.59. The van der Waals surface area contributed by atoms with Crippen LogP contribution in [0, 0.1) is 0 Å². The van der Waals surface area contributed by atoms with E-state index in [2.05, 4.69) is 18.0 Å².